The number of hydrogen-bond donors (Lipinski definition) is 1. The molecule has 8 heteroatoms. The van der Waals surface area contributed by atoms with Gasteiger partial charge in [0.05, 0.1) is 17.7 Å². The lowest BCUT2D eigenvalue weighted by Crippen LogP contribution is -2.28. The van der Waals surface area contributed by atoms with Crippen molar-refractivity contribution in [2.24, 2.45) is 0 Å². The van der Waals surface area contributed by atoms with Crippen molar-refractivity contribution in [2.75, 3.05) is 12.0 Å². The highest BCUT2D eigenvalue weighted by atomic mass is 32.2. The molecule has 0 radical (unpaired) electrons. The topological polar surface area (TPSA) is 76.1 Å². The first-order valence-electron chi connectivity index (χ1n) is 8.85. The van der Waals surface area contributed by atoms with E-state index in [0.717, 1.165) is 0 Å². The molecule has 1 amide bonds. The van der Waals surface area contributed by atoms with E-state index in [2.05, 4.69) is 0 Å². The number of aliphatic carboxylic acids is 1. The van der Waals surface area contributed by atoms with E-state index in [1.165, 1.54) is 23.8 Å². The Morgan fingerprint density at radius 2 is 1.86 bits per heavy atom. The van der Waals surface area contributed by atoms with Crippen LogP contribution in [0.3, 0.4) is 0 Å². The van der Waals surface area contributed by atoms with Crippen LogP contribution in [0, 0.1) is 0 Å². The van der Waals surface area contributed by atoms with Gasteiger partial charge in [0.25, 0.3) is 5.91 Å². The van der Waals surface area contributed by atoms with E-state index in [4.69, 9.17) is 21.7 Å². The average Bonchev–Trinajstić information content (AvgIpc) is 2.99. The van der Waals surface area contributed by atoms with Crippen LogP contribution >= 0.6 is 24.0 Å². The number of benzene rings is 2. The molecule has 0 aliphatic carbocycles. The summed E-state index contributed by atoms with van der Waals surface area (Å²) in [6, 6.07) is 14.1. The fourth-order valence-corrected chi connectivity index (χ4v) is 4.08. The monoisotopic (exact) mass is 429 g/mol. The number of thiocarbonyl (C=S) groups is 1. The standard InChI is InChI=1S/C21H19NO5S2/c1-3-15(20(24)25)27-16-10-6-4-8-13(16)12-18-19(23)22(21(28)29-18)14-9-5-7-11-17(14)26-2/h4-12,15H,3H2,1-2H3,(H,24,25)/b18-12+. The third-order valence-electron chi connectivity index (χ3n) is 4.24. The van der Waals surface area contributed by atoms with Gasteiger partial charge in [0.15, 0.2) is 10.4 Å². The number of rotatable bonds is 7. The second-order valence-corrected chi connectivity index (χ2v) is 7.76. The number of para-hydroxylation sites is 3. The number of methoxy groups -OCH3 is 1. The van der Waals surface area contributed by atoms with Crippen molar-refractivity contribution in [3.63, 3.8) is 0 Å². The Morgan fingerprint density at radius 1 is 1.21 bits per heavy atom. The minimum atomic E-state index is -1.04. The quantitative estimate of drug-likeness (QED) is 0.518. The molecule has 0 spiro atoms. The highest BCUT2D eigenvalue weighted by Crippen LogP contribution is 2.40. The molecule has 1 heterocycles. The van der Waals surface area contributed by atoms with Gasteiger partial charge >= 0.3 is 5.97 Å². The molecule has 0 saturated carbocycles. The zero-order valence-corrected chi connectivity index (χ0v) is 17.5. The Labute approximate surface area is 178 Å². The molecular formula is C21H19NO5S2. The zero-order chi connectivity index (χ0) is 21.0. The van der Waals surface area contributed by atoms with Crippen molar-refractivity contribution in [3.05, 3.63) is 59.0 Å². The summed E-state index contributed by atoms with van der Waals surface area (Å²) < 4.78 is 11.4. The fourth-order valence-electron chi connectivity index (χ4n) is 2.80. The maximum Gasteiger partial charge on any atom is 0.344 e. The van der Waals surface area contributed by atoms with Crippen LogP contribution in [0.2, 0.25) is 0 Å². The van der Waals surface area contributed by atoms with Crippen LogP contribution in [-0.2, 0) is 9.59 Å². The van der Waals surface area contributed by atoms with Gasteiger partial charge in [-0.1, -0.05) is 61.2 Å². The molecule has 150 valence electrons. The van der Waals surface area contributed by atoms with E-state index in [0.29, 0.717) is 38.4 Å². The molecule has 0 aromatic heterocycles. The number of carbonyl (C=O) groups excluding carboxylic acids is 1. The first-order valence-corrected chi connectivity index (χ1v) is 10.1. The summed E-state index contributed by atoms with van der Waals surface area (Å²) in [7, 11) is 1.53. The maximum absolute atomic E-state index is 13.0. The van der Waals surface area contributed by atoms with E-state index < -0.39 is 12.1 Å². The number of hydrogen-bond acceptors (Lipinski definition) is 6. The number of nitrogens with zero attached hydrogens (tertiary/aromatic N) is 1. The molecule has 1 N–H and O–H groups in total. The number of amides is 1. The number of carbonyl (C=O) groups is 2. The predicted octanol–water partition coefficient (Wildman–Crippen LogP) is 4.34. The van der Waals surface area contributed by atoms with Gasteiger partial charge in [-0.15, -0.1) is 0 Å². The molecule has 1 unspecified atom stereocenters. The lowest BCUT2D eigenvalue weighted by atomic mass is 10.1. The number of thioether (sulfide) groups is 1. The van der Waals surface area contributed by atoms with Crippen LogP contribution in [0.25, 0.3) is 6.08 Å². The molecule has 2 aromatic carbocycles. The summed E-state index contributed by atoms with van der Waals surface area (Å²) in [4.78, 5) is 26.2. The molecular weight excluding hydrogens is 410 g/mol. The van der Waals surface area contributed by atoms with E-state index in [1.54, 1.807) is 55.5 Å². The van der Waals surface area contributed by atoms with Gasteiger partial charge in [0, 0.05) is 5.56 Å². The SMILES string of the molecule is CCC(Oc1ccccc1/C=C1/SC(=S)N(c2ccccc2OC)C1=O)C(=O)O. The van der Waals surface area contributed by atoms with Gasteiger partial charge in [0.1, 0.15) is 11.5 Å². The molecule has 1 fully saturated rings. The third kappa shape index (κ3) is 4.44. The Bertz CT molecular complexity index is 989. The molecule has 1 aliphatic heterocycles. The van der Waals surface area contributed by atoms with E-state index in [1.807, 2.05) is 6.07 Å². The van der Waals surface area contributed by atoms with Gasteiger partial charge in [-0.3, -0.25) is 9.69 Å². The second-order valence-electron chi connectivity index (χ2n) is 6.08. The van der Waals surface area contributed by atoms with E-state index in [-0.39, 0.29) is 5.91 Å². The van der Waals surface area contributed by atoms with E-state index >= 15 is 0 Å². The number of carboxylic acid groups (broad SMARTS) is 1. The summed E-state index contributed by atoms with van der Waals surface area (Å²) in [6.45, 7) is 1.74. The molecule has 2 aromatic rings. The average molecular weight is 430 g/mol. The third-order valence-corrected chi connectivity index (χ3v) is 5.54. The molecule has 1 aliphatic rings. The summed E-state index contributed by atoms with van der Waals surface area (Å²) in [5.74, 6) is -0.375. The molecule has 1 atom stereocenters. The van der Waals surface area contributed by atoms with Gasteiger partial charge < -0.3 is 14.6 Å². The van der Waals surface area contributed by atoms with Gasteiger partial charge in [-0.2, -0.15) is 0 Å². The van der Waals surface area contributed by atoms with Crippen molar-refractivity contribution < 1.29 is 24.2 Å². The number of ether oxygens (including phenoxy) is 2. The zero-order valence-electron chi connectivity index (χ0n) is 15.8. The Balaban J connectivity index is 1.94. The minimum Gasteiger partial charge on any atom is -0.495 e. The lowest BCUT2D eigenvalue weighted by molar-refractivity contribution is -0.145. The number of anilines is 1. The minimum absolute atomic E-state index is 0.274. The van der Waals surface area contributed by atoms with E-state index in [9.17, 15) is 14.7 Å². The van der Waals surface area contributed by atoms with Gasteiger partial charge in [0.2, 0.25) is 0 Å². The summed E-state index contributed by atoms with van der Waals surface area (Å²) >= 11 is 6.59. The summed E-state index contributed by atoms with van der Waals surface area (Å²) in [5, 5.41) is 9.26. The van der Waals surface area contributed by atoms with Gasteiger partial charge in [-0.25, -0.2) is 4.79 Å². The first kappa shape index (κ1) is 20.9. The van der Waals surface area contributed by atoms with Crippen LogP contribution in [0.15, 0.2) is 53.4 Å². The van der Waals surface area contributed by atoms with Crippen molar-refractivity contribution in [1.82, 2.24) is 0 Å². The maximum atomic E-state index is 13.0. The van der Waals surface area contributed by atoms with Crippen LogP contribution in [0.1, 0.15) is 18.9 Å². The van der Waals surface area contributed by atoms with Crippen LogP contribution in [0.5, 0.6) is 11.5 Å². The molecule has 29 heavy (non-hydrogen) atoms. The van der Waals surface area contributed by atoms with Crippen LogP contribution < -0.4 is 14.4 Å². The van der Waals surface area contributed by atoms with Gasteiger partial charge in [-0.05, 0) is 30.7 Å². The number of carboxylic acids is 1. The predicted molar refractivity (Wildman–Crippen MR) is 117 cm³/mol. The van der Waals surface area contributed by atoms with Crippen molar-refractivity contribution in [3.8, 4) is 11.5 Å². The lowest BCUT2D eigenvalue weighted by Gasteiger charge is -2.17. The Morgan fingerprint density at radius 3 is 2.52 bits per heavy atom. The Hall–Kier alpha value is -2.84. The normalized spacial score (nSPS) is 16.2. The molecule has 3 rings (SSSR count). The summed E-state index contributed by atoms with van der Waals surface area (Å²) in [6.07, 6.45) is 1.02. The fraction of sp³-hybridized carbons (Fsp3) is 0.190. The van der Waals surface area contributed by atoms with Crippen molar-refractivity contribution in [2.45, 2.75) is 19.4 Å². The molecule has 0 bridgehead atoms. The first-order chi connectivity index (χ1) is 14.0. The largest absolute Gasteiger partial charge is 0.495 e. The van der Waals surface area contributed by atoms with Crippen LogP contribution in [-0.4, -0.2) is 34.5 Å². The summed E-state index contributed by atoms with van der Waals surface area (Å²) in [5.41, 5.74) is 1.18. The van der Waals surface area contributed by atoms with Crippen molar-refractivity contribution in [1.29, 1.82) is 0 Å². The highest BCUT2D eigenvalue weighted by molar-refractivity contribution is 8.27. The van der Waals surface area contributed by atoms with Crippen LogP contribution in [0.4, 0.5) is 5.69 Å². The molecule has 6 nitrogen and oxygen atoms in total. The smallest absolute Gasteiger partial charge is 0.344 e. The van der Waals surface area contributed by atoms with Crippen molar-refractivity contribution >= 4 is 51.9 Å². The highest BCUT2D eigenvalue weighted by Gasteiger charge is 2.35. The Kier molecular flexibility index (Phi) is 6.56. The second kappa shape index (κ2) is 9.11. The molecule has 1 saturated heterocycles.